The Bertz CT molecular complexity index is 55.5. The van der Waals surface area contributed by atoms with Crippen molar-refractivity contribution >= 4 is 0 Å². The van der Waals surface area contributed by atoms with Crippen molar-refractivity contribution in [2.24, 2.45) is 0 Å². The zero-order valence-corrected chi connectivity index (χ0v) is 5.09. The summed E-state index contributed by atoms with van der Waals surface area (Å²) in [6.07, 6.45) is 0. The second-order valence-electron chi connectivity index (χ2n) is 0. The summed E-state index contributed by atoms with van der Waals surface area (Å²) in [5.74, 6) is 0. The summed E-state index contributed by atoms with van der Waals surface area (Å²) in [6.45, 7) is 19.0. The first kappa shape index (κ1) is 51.6. The van der Waals surface area contributed by atoms with Gasteiger partial charge in [0, 0.05) is 16.5 Å². The van der Waals surface area contributed by atoms with Crippen LogP contribution in [0.15, 0.2) is 0 Å². The van der Waals surface area contributed by atoms with Crippen LogP contribution in [0.1, 0.15) is 0 Å². The van der Waals surface area contributed by atoms with Crippen LogP contribution in [0.4, 0.5) is 0 Å². The van der Waals surface area contributed by atoms with Crippen LogP contribution in [-0.2, 0) is 16.5 Å². The fraction of sp³-hybridized carbons (Fsp3) is 0. The summed E-state index contributed by atoms with van der Waals surface area (Å²) in [7, 11) is 0. The number of hydrogen-bond donors (Lipinski definition) is 0. The molecule has 0 saturated carbocycles. The van der Waals surface area contributed by atoms with Gasteiger partial charge in [-0.3, -0.25) is 0 Å². The largest absolute Gasteiger partial charge is 0.512 e. The molecule has 0 heterocycles. The summed E-state index contributed by atoms with van der Waals surface area (Å²) in [6, 6.07) is 0. The van der Waals surface area contributed by atoms with Crippen LogP contribution < -0.4 is 0 Å². The van der Waals surface area contributed by atoms with Crippen LogP contribution in [0.2, 0.25) is 0 Å². The maximum absolute atomic E-state index is 6.25. The Balaban J connectivity index is -0.00000000762. The molecule has 0 aromatic rings. The molecule has 9 heavy (non-hydrogen) atoms. The van der Waals surface area contributed by atoms with E-state index in [1.807, 2.05) is 0 Å². The Morgan fingerprint density at radius 3 is 0.444 bits per heavy atom. The van der Waals surface area contributed by atoms with Crippen LogP contribution in [0.5, 0.6) is 0 Å². The first-order valence-corrected chi connectivity index (χ1v) is 0.894. The van der Waals surface area contributed by atoms with E-state index in [2.05, 4.69) is 0 Å². The van der Waals surface area contributed by atoms with E-state index in [4.69, 9.17) is 47.3 Å². The van der Waals surface area contributed by atoms with Gasteiger partial charge in [0.25, 0.3) is 0 Å². The topological polar surface area (TPSA) is 95.2 Å². The van der Waals surface area contributed by atoms with Gasteiger partial charge in [-0.15, -0.1) is 0 Å². The maximum Gasteiger partial charge on any atom is 0 e. The van der Waals surface area contributed by atoms with Gasteiger partial charge in [0.15, 0.2) is 0 Å². The zero-order valence-electron chi connectivity index (χ0n) is 4.11. The zero-order chi connectivity index (χ0) is 8.00. The smallest absolute Gasteiger partial charge is 0 e. The Hall–Kier alpha value is -1.55. The minimum atomic E-state index is 0. The molecule has 0 saturated heterocycles. The van der Waals surface area contributed by atoms with E-state index in [1.54, 1.807) is 0 Å². The fourth-order valence-corrected chi connectivity index (χ4v) is 0. The van der Waals surface area contributed by atoms with Crippen molar-refractivity contribution in [3.05, 3.63) is 26.3 Å². The third-order valence-corrected chi connectivity index (χ3v) is 0. The third-order valence-electron chi connectivity index (χ3n) is 0. The predicted molar refractivity (Wildman–Crippen MR) is 19.9 cm³/mol. The van der Waals surface area contributed by atoms with E-state index in [1.165, 1.54) is 0 Å². The van der Waals surface area contributed by atoms with Gasteiger partial charge in [-0.25, -0.2) is 0 Å². The van der Waals surface area contributed by atoms with Gasteiger partial charge in [0.05, 0.1) is 0 Å². The van der Waals surface area contributed by atoms with E-state index in [9.17, 15) is 0 Å². The fourth-order valence-electron chi connectivity index (χ4n) is 0. The molecule has 0 spiro atoms. The molecule has 0 aliphatic carbocycles. The van der Waals surface area contributed by atoms with Crippen molar-refractivity contribution in [2.45, 2.75) is 0 Å². The van der Waals surface area contributed by atoms with Crippen LogP contribution in [-0.4, -0.2) is 0 Å². The average Bonchev–Trinajstić information content (AvgIpc) is 2.03. The first-order chi connectivity index (χ1) is 4.00. The van der Waals surface area contributed by atoms with Crippen LogP contribution in [0.25, 0.3) is 0 Å². The van der Waals surface area contributed by atoms with Gasteiger partial charge in [0.1, 0.15) is 0 Å². The van der Waals surface area contributed by atoms with Crippen molar-refractivity contribution in [2.75, 3.05) is 0 Å². The van der Waals surface area contributed by atoms with Crippen molar-refractivity contribution in [3.8, 4) is 0 Å². The van der Waals surface area contributed by atoms with Crippen molar-refractivity contribution < 1.29 is 16.5 Å². The summed E-state index contributed by atoms with van der Waals surface area (Å²) in [5, 5.41) is 25.0. The first-order valence-electron chi connectivity index (χ1n) is 0.894. The molecule has 0 atom stereocenters. The molecule has 0 fully saturated rings. The van der Waals surface area contributed by atoms with Gasteiger partial charge in [-0.2, -0.15) is 0 Å². The minimum Gasteiger partial charge on any atom is -0.512 e. The predicted octanol–water partition coefficient (Wildman–Crippen LogP) is 0.383. The summed E-state index contributed by atoms with van der Waals surface area (Å²) < 4.78 is 0. The number of rotatable bonds is 0. The van der Waals surface area contributed by atoms with E-state index < -0.39 is 0 Å². The Morgan fingerprint density at radius 2 is 0.444 bits per heavy atom. The van der Waals surface area contributed by atoms with Gasteiger partial charge in [-0.1, -0.05) is 0 Å². The van der Waals surface area contributed by atoms with Crippen molar-refractivity contribution in [1.29, 1.82) is 21.0 Å². The molecule has 0 unspecified atom stereocenters. The van der Waals surface area contributed by atoms with E-state index >= 15 is 0 Å². The molecule has 0 radical (unpaired) electrons. The standard InChI is InChI=1S/4CN.Ni/c4*1-2;/q4*-1;. The molecule has 4 nitrogen and oxygen atoms in total. The van der Waals surface area contributed by atoms with Crippen LogP contribution in [0, 0.1) is 47.3 Å². The molecule has 0 aliphatic heterocycles. The van der Waals surface area contributed by atoms with E-state index in [0.717, 1.165) is 0 Å². The molecule has 50 valence electrons. The molecule has 0 aromatic heterocycles. The molecule has 0 N–H and O–H groups in total. The Morgan fingerprint density at radius 1 is 0.444 bits per heavy atom. The maximum atomic E-state index is 6.25. The summed E-state index contributed by atoms with van der Waals surface area (Å²) in [4.78, 5) is 0. The van der Waals surface area contributed by atoms with Crippen molar-refractivity contribution in [1.82, 2.24) is 0 Å². The quantitative estimate of drug-likeness (QED) is 0.380. The van der Waals surface area contributed by atoms with Crippen LogP contribution >= 0.6 is 0 Å². The monoisotopic (exact) mass is 162 g/mol. The van der Waals surface area contributed by atoms with Gasteiger partial charge >= 0.3 is 0 Å². The van der Waals surface area contributed by atoms with Crippen LogP contribution in [0.3, 0.4) is 0 Å². The molecule has 0 amide bonds. The number of hydrogen-bond acceptors (Lipinski definition) is 4. The second kappa shape index (κ2) is 80.3. The van der Waals surface area contributed by atoms with E-state index in [-0.39, 0.29) is 16.5 Å². The molecule has 0 bridgehead atoms. The average molecular weight is 163 g/mol. The SMILES string of the molecule is [C-]#N.[C-]#N.[C-]#N.[C-]#N.[Ni]. The minimum absolute atomic E-state index is 0. The molecule has 0 rings (SSSR count). The van der Waals surface area contributed by atoms with E-state index in [0.29, 0.717) is 0 Å². The van der Waals surface area contributed by atoms with Gasteiger partial charge in [0.2, 0.25) is 0 Å². The Kier molecular flexibility index (Phi) is 460. The normalized spacial score (nSPS) is 0.889. The Labute approximate surface area is 64.5 Å². The number of nitrogens with zero attached hydrogens (tertiary/aromatic N) is 4. The molecule has 0 aromatic carbocycles. The van der Waals surface area contributed by atoms with Crippen molar-refractivity contribution in [3.63, 3.8) is 0 Å². The van der Waals surface area contributed by atoms with Gasteiger partial charge in [-0.05, 0) is 0 Å². The second-order valence-corrected chi connectivity index (χ2v) is 0. The third kappa shape index (κ3) is 53.5. The molecular formula is C4N4Ni-4. The molecule has 5 heteroatoms. The molecule has 0 aliphatic rings. The van der Waals surface area contributed by atoms with Gasteiger partial charge < -0.3 is 47.3 Å². The summed E-state index contributed by atoms with van der Waals surface area (Å²) >= 11 is 0. The molecular weight excluding hydrogens is 163 g/mol. The summed E-state index contributed by atoms with van der Waals surface area (Å²) in [5.41, 5.74) is 0.